The Bertz CT molecular complexity index is 1990. The van der Waals surface area contributed by atoms with Gasteiger partial charge in [0.05, 0.1) is 22.7 Å². The van der Waals surface area contributed by atoms with Crippen molar-refractivity contribution in [1.29, 1.82) is 0 Å². The van der Waals surface area contributed by atoms with Crippen LogP contribution in [0.2, 0.25) is 0 Å². The minimum absolute atomic E-state index is 0. The van der Waals surface area contributed by atoms with Crippen LogP contribution in [0.3, 0.4) is 0 Å². The number of halogens is 3. The third-order valence-corrected chi connectivity index (χ3v) is 10.3. The van der Waals surface area contributed by atoms with Gasteiger partial charge in [-0.1, -0.05) is 51.5 Å². The van der Waals surface area contributed by atoms with E-state index in [1.54, 1.807) is 24.3 Å². The molecular weight excluding hydrogens is 722 g/mol. The molecular formula is C41H46F3LiN5O4S-. The van der Waals surface area contributed by atoms with Gasteiger partial charge in [-0.2, -0.15) is 13.9 Å². The van der Waals surface area contributed by atoms with Crippen molar-refractivity contribution in [3.8, 4) is 17.1 Å². The second-order valence-electron chi connectivity index (χ2n) is 14.4. The van der Waals surface area contributed by atoms with E-state index in [0.29, 0.717) is 42.0 Å². The summed E-state index contributed by atoms with van der Waals surface area (Å²) in [7, 11) is -1.80. The Balaban J connectivity index is 0.00000336. The molecule has 1 saturated heterocycles. The van der Waals surface area contributed by atoms with Crippen LogP contribution in [0.15, 0.2) is 87.9 Å². The van der Waals surface area contributed by atoms with Gasteiger partial charge in [0.15, 0.2) is 0 Å². The van der Waals surface area contributed by atoms with Gasteiger partial charge in [0.1, 0.15) is 6.61 Å². The molecule has 2 unspecified atom stereocenters. The Kier molecular flexibility index (Phi) is 14.7. The molecule has 1 amide bonds. The molecule has 2 aromatic carbocycles. The SMILES string of the molecule is Cc1cccc(C)c1-c1cc2nc(n1)[NH2+]S(=O)c1cccc(c1)C(=O)N1C(C3=C\CC\C=C(C=[C-]C(C)(C)C)/[C-]=N/3)CCC[C@@H](OC(F)(F)F)[C@@H]1CO2.[CH3-].[Li+]. The molecule has 9 nitrogen and oxygen atoms in total. The van der Waals surface area contributed by atoms with Crippen LogP contribution < -0.4 is 28.3 Å². The summed E-state index contributed by atoms with van der Waals surface area (Å²) in [5.74, 6) is -0.401. The number of fused-ring (bicyclic) bond motifs is 5. The van der Waals surface area contributed by atoms with Gasteiger partial charge in [-0.05, 0) is 74.6 Å². The fourth-order valence-corrected chi connectivity index (χ4v) is 7.66. The molecule has 3 aliphatic heterocycles. The van der Waals surface area contributed by atoms with E-state index in [9.17, 15) is 22.2 Å². The number of ether oxygens (including phenoxy) is 2. The summed E-state index contributed by atoms with van der Waals surface area (Å²) in [6, 6.07) is 11.7. The molecule has 0 radical (unpaired) electrons. The molecule has 3 aliphatic rings. The predicted molar refractivity (Wildman–Crippen MR) is 202 cm³/mol. The van der Waals surface area contributed by atoms with Crippen LogP contribution in [0.25, 0.3) is 11.3 Å². The van der Waals surface area contributed by atoms with Crippen LogP contribution in [0.5, 0.6) is 5.88 Å². The first-order valence-electron chi connectivity index (χ1n) is 17.6. The number of nitrogens with zero attached hydrogens (tertiary/aromatic N) is 4. The first kappa shape index (κ1) is 43.9. The molecule has 0 aliphatic carbocycles. The van der Waals surface area contributed by atoms with Crippen molar-refractivity contribution in [2.24, 2.45) is 10.4 Å². The summed E-state index contributed by atoms with van der Waals surface area (Å²) < 4.78 is 68.5. The molecule has 4 bridgehead atoms. The molecule has 55 heavy (non-hydrogen) atoms. The Hall–Kier alpha value is -3.86. The maximum absolute atomic E-state index is 14.8. The van der Waals surface area contributed by atoms with E-state index in [4.69, 9.17) is 19.5 Å². The number of benzene rings is 2. The van der Waals surface area contributed by atoms with E-state index in [1.807, 2.05) is 71.0 Å². The molecule has 3 aromatic rings. The van der Waals surface area contributed by atoms with Gasteiger partial charge in [0.2, 0.25) is 16.9 Å². The third-order valence-electron chi connectivity index (χ3n) is 9.19. The van der Waals surface area contributed by atoms with Crippen molar-refractivity contribution >= 4 is 29.1 Å². The molecule has 2 N–H and O–H groups in total. The standard InChI is InChI=1S/C40H42F3N5O4S.CH3.Li/c1-25-11-8-12-26(2)36(25)31-22-35-46-38(45-31)47-53(50)29-15-9-14-28(21-29)37(49)48-32(17-10-18-34(33(48)24-51-35)52-40(41,42)43)30-16-7-6-13-27(23-44-30)19-20-39(3,4)5;;/h8-9,11-16,19,21-22,32-34H,6-7,10,17-18,24H2,1-5H3,(H,45,46,47);1H3;/q-2;-1;+1/p+1/b27-13-,30-16-;;/t32?,33-,34+,53?;;/m0../s1. The van der Waals surface area contributed by atoms with E-state index in [0.717, 1.165) is 22.3 Å². The van der Waals surface area contributed by atoms with Gasteiger partial charge in [-0.15, -0.1) is 35.9 Å². The number of aliphatic imine (C=N–C) groups is 1. The second-order valence-corrected chi connectivity index (χ2v) is 15.7. The molecule has 4 atom stereocenters. The number of hydrogen-bond donors (Lipinski definition) is 1. The van der Waals surface area contributed by atoms with E-state index in [1.165, 1.54) is 15.7 Å². The van der Waals surface area contributed by atoms with Crippen molar-refractivity contribution in [3.05, 3.63) is 108 Å². The van der Waals surface area contributed by atoms with Gasteiger partial charge in [-0.3, -0.25) is 15.1 Å². The normalized spacial score (nSPS) is 24.6. The van der Waals surface area contributed by atoms with Crippen LogP contribution in [-0.2, 0) is 15.7 Å². The molecule has 1 fully saturated rings. The number of quaternary nitrogens is 1. The Morgan fingerprint density at radius 1 is 1.04 bits per heavy atom. The molecule has 0 spiro atoms. The minimum atomic E-state index is -4.98. The number of aryl methyl sites for hydroxylation is 2. The monoisotopic (exact) mass is 768 g/mol. The van der Waals surface area contributed by atoms with Gasteiger partial charge in [0, 0.05) is 23.2 Å². The molecule has 1 aromatic heterocycles. The first-order valence-corrected chi connectivity index (χ1v) is 18.9. The maximum atomic E-state index is 14.8. The number of nitrogens with two attached hydrogens (primary N) is 1. The number of aromatic nitrogens is 2. The summed E-state index contributed by atoms with van der Waals surface area (Å²) in [6.07, 6.45) is 7.60. The van der Waals surface area contributed by atoms with E-state index in [2.05, 4.69) is 17.3 Å². The Labute approximate surface area is 336 Å². The van der Waals surface area contributed by atoms with Gasteiger partial charge in [0.25, 0.3) is 5.91 Å². The summed E-state index contributed by atoms with van der Waals surface area (Å²) in [5.41, 5.74) is 4.37. The zero-order valence-electron chi connectivity index (χ0n) is 32.4. The molecule has 4 heterocycles. The summed E-state index contributed by atoms with van der Waals surface area (Å²) >= 11 is 0. The fourth-order valence-electron chi connectivity index (χ4n) is 6.77. The fraction of sp³-hybridized carbons (Fsp3) is 0.390. The van der Waals surface area contributed by atoms with Gasteiger partial charge >= 0.3 is 31.2 Å². The van der Waals surface area contributed by atoms with E-state index < -0.39 is 41.4 Å². The van der Waals surface area contributed by atoms with E-state index in [-0.39, 0.29) is 62.1 Å². The van der Waals surface area contributed by atoms with Crippen LogP contribution >= 0.6 is 0 Å². The average molecular weight is 769 g/mol. The average Bonchev–Trinajstić information content (AvgIpc) is 3.24. The maximum Gasteiger partial charge on any atom is 1.00 e. The molecule has 14 heteroatoms. The number of amides is 1. The van der Waals surface area contributed by atoms with Crippen molar-refractivity contribution in [3.63, 3.8) is 0 Å². The van der Waals surface area contributed by atoms with Crippen LogP contribution in [-0.4, -0.2) is 62.4 Å². The number of alkyl halides is 3. The van der Waals surface area contributed by atoms with Crippen LogP contribution in [0.1, 0.15) is 74.4 Å². The van der Waals surface area contributed by atoms with Crippen molar-refractivity contribution in [2.45, 2.75) is 96.2 Å². The quantitative estimate of drug-likeness (QED) is 0.303. The Morgan fingerprint density at radius 3 is 2.45 bits per heavy atom. The predicted octanol–water partition coefficient (Wildman–Crippen LogP) is 4.75. The topological polar surface area (TPSA) is 111 Å². The number of rotatable bonds is 4. The molecule has 0 saturated carbocycles. The zero-order chi connectivity index (χ0) is 37.9. The van der Waals surface area contributed by atoms with Gasteiger partial charge < -0.3 is 34.2 Å². The van der Waals surface area contributed by atoms with Crippen molar-refractivity contribution in [2.75, 3.05) is 6.61 Å². The van der Waals surface area contributed by atoms with Crippen molar-refractivity contribution < 1.29 is 55.2 Å². The zero-order valence-corrected chi connectivity index (χ0v) is 33.2. The number of carbonyl (C=O) groups excluding carboxylic acids is 1. The largest absolute Gasteiger partial charge is 1.00 e. The molecule has 288 valence electrons. The van der Waals surface area contributed by atoms with Crippen molar-refractivity contribution in [1.82, 2.24) is 14.9 Å². The minimum Gasteiger partial charge on any atom is -0.475 e. The first-order chi connectivity index (χ1) is 25.1. The third kappa shape index (κ3) is 11.1. The second kappa shape index (κ2) is 18.4. The van der Waals surface area contributed by atoms with Crippen LogP contribution in [0, 0.1) is 32.8 Å². The summed E-state index contributed by atoms with van der Waals surface area (Å²) in [6.45, 7) is 9.59. The van der Waals surface area contributed by atoms with Gasteiger partial charge in [-0.25, -0.2) is 6.08 Å². The van der Waals surface area contributed by atoms with E-state index >= 15 is 0 Å². The number of carbonyl (C=O) groups is 1. The smallest absolute Gasteiger partial charge is 0.475 e. The van der Waals surface area contributed by atoms with Crippen LogP contribution in [0.4, 0.5) is 19.1 Å². The summed E-state index contributed by atoms with van der Waals surface area (Å²) in [4.78, 5) is 30.5. The summed E-state index contributed by atoms with van der Waals surface area (Å²) in [5, 5.41) is 0. The molecule has 6 rings (SSSR count). The number of allylic oxidation sites excluding steroid dienone is 5. The Morgan fingerprint density at radius 2 is 1.75 bits per heavy atom. The number of hydrogen-bond acceptors (Lipinski definition) is 7.